The first-order valence-corrected chi connectivity index (χ1v) is 13.1. The Labute approximate surface area is 210 Å². The van der Waals surface area contributed by atoms with Crippen LogP contribution < -0.4 is 20.7 Å². The number of fused-ring (bicyclic) bond motifs is 1. The van der Waals surface area contributed by atoms with Crippen molar-refractivity contribution in [2.45, 2.75) is 11.8 Å². The van der Waals surface area contributed by atoms with Crippen molar-refractivity contribution in [1.29, 1.82) is 0 Å². The van der Waals surface area contributed by atoms with Crippen molar-refractivity contribution in [3.8, 4) is 0 Å². The van der Waals surface area contributed by atoms with E-state index < -0.39 is 10.0 Å². The predicted molar refractivity (Wildman–Crippen MR) is 138 cm³/mol. The van der Waals surface area contributed by atoms with E-state index in [1.54, 1.807) is 6.07 Å². The fourth-order valence-corrected chi connectivity index (χ4v) is 4.92. The molecule has 13 heteroatoms. The van der Waals surface area contributed by atoms with Crippen molar-refractivity contribution in [2.24, 2.45) is 5.14 Å². The minimum Gasteiger partial charge on any atom is -0.378 e. The van der Waals surface area contributed by atoms with Crippen LogP contribution in [-0.4, -0.2) is 54.7 Å². The van der Waals surface area contributed by atoms with Gasteiger partial charge in [0.25, 0.3) is 0 Å². The quantitative estimate of drug-likeness (QED) is 0.279. The molecule has 1 aliphatic rings. The number of sulfonamides is 1. The number of hydrogen-bond acceptors (Lipinski definition) is 9. The molecule has 0 bridgehead atoms. The number of nitrogens with zero attached hydrogens (tertiary/aromatic N) is 4. The smallest absolute Gasteiger partial charge is 0.238 e. The average Bonchev–Trinajstić information content (AvgIpc) is 3.22. The summed E-state index contributed by atoms with van der Waals surface area (Å²) in [6.07, 6.45) is 0. The molecule has 1 fully saturated rings. The number of primary sulfonamides is 1. The van der Waals surface area contributed by atoms with Crippen LogP contribution in [0.2, 0.25) is 0 Å². The number of halogens is 1. The number of H-pyrrole nitrogens is 1. The topological polar surface area (TPSA) is 151 Å². The second-order valence-electron chi connectivity index (χ2n) is 8.06. The lowest BCUT2D eigenvalue weighted by Gasteiger charge is -2.28. The Bertz CT molecular complexity index is 1500. The maximum Gasteiger partial charge on any atom is 0.238 e. The maximum atomic E-state index is 11.7. The molecule has 0 amide bonds. The van der Waals surface area contributed by atoms with Crippen LogP contribution >= 0.6 is 15.9 Å². The van der Waals surface area contributed by atoms with Crippen LogP contribution in [0.4, 0.5) is 29.1 Å². The molecule has 2 aromatic heterocycles. The molecule has 0 radical (unpaired) electrons. The van der Waals surface area contributed by atoms with Gasteiger partial charge in [0.1, 0.15) is 0 Å². The Morgan fingerprint density at radius 1 is 1.09 bits per heavy atom. The third-order valence-electron chi connectivity index (χ3n) is 5.43. The van der Waals surface area contributed by atoms with E-state index >= 15 is 0 Å². The Morgan fingerprint density at radius 3 is 2.60 bits per heavy atom. The number of aryl methyl sites for hydroxylation is 1. The summed E-state index contributed by atoms with van der Waals surface area (Å²) in [4.78, 5) is 19.4. The Hall–Kier alpha value is -3.26. The van der Waals surface area contributed by atoms with Crippen LogP contribution in [0.3, 0.4) is 0 Å². The van der Waals surface area contributed by atoms with Crippen molar-refractivity contribution >= 4 is 66.2 Å². The monoisotopic (exact) mass is 558 g/mol. The van der Waals surface area contributed by atoms with Gasteiger partial charge in [-0.25, -0.2) is 18.5 Å². The normalized spacial score (nSPS) is 14.3. The Balaban J connectivity index is 1.53. The molecule has 5 rings (SSSR count). The molecule has 5 N–H and O–H groups in total. The lowest BCUT2D eigenvalue weighted by atomic mass is 10.2. The van der Waals surface area contributed by atoms with Crippen molar-refractivity contribution in [1.82, 2.24) is 19.9 Å². The zero-order valence-electron chi connectivity index (χ0n) is 18.7. The third kappa shape index (κ3) is 5.22. The second kappa shape index (κ2) is 9.41. The van der Waals surface area contributed by atoms with Crippen molar-refractivity contribution < 1.29 is 13.2 Å². The van der Waals surface area contributed by atoms with Gasteiger partial charge in [-0.2, -0.15) is 9.97 Å². The molecule has 1 saturated heterocycles. The summed E-state index contributed by atoms with van der Waals surface area (Å²) in [6, 6.07) is 12.4. The molecule has 35 heavy (non-hydrogen) atoms. The molecule has 3 heterocycles. The maximum absolute atomic E-state index is 11.7. The van der Waals surface area contributed by atoms with Crippen LogP contribution in [0.25, 0.3) is 11.2 Å². The number of aromatic amines is 1. The lowest BCUT2D eigenvalue weighted by molar-refractivity contribution is 0.122. The van der Waals surface area contributed by atoms with E-state index in [2.05, 4.69) is 41.4 Å². The number of morpholine rings is 1. The van der Waals surface area contributed by atoms with Gasteiger partial charge in [-0.3, -0.25) is 0 Å². The molecule has 182 valence electrons. The summed E-state index contributed by atoms with van der Waals surface area (Å²) in [5.74, 6) is 1.55. The van der Waals surface area contributed by atoms with Crippen molar-refractivity contribution in [3.05, 3.63) is 52.5 Å². The molecule has 0 atom stereocenters. The Morgan fingerprint density at radius 2 is 1.89 bits per heavy atom. The van der Waals surface area contributed by atoms with E-state index in [1.807, 2.05) is 31.2 Å². The molecule has 0 unspecified atom stereocenters. The number of aromatic nitrogens is 4. The van der Waals surface area contributed by atoms with Crippen LogP contribution in [-0.2, 0) is 14.8 Å². The number of rotatable bonds is 6. The number of nitrogens with two attached hydrogens (primary N) is 1. The first-order chi connectivity index (χ1) is 16.8. The van der Waals surface area contributed by atoms with Gasteiger partial charge in [0.15, 0.2) is 17.0 Å². The lowest BCUT2D eigenvalue weighted by Crippen LogP contribution is -2.37. The van der Waals surface area contributed by atoms with Gasteiger partial charge < -0.3 is 25.3 Å². The summed E-state index contributed by atoms with van der Waals surface area (Å²) in [5, 5.41) is 11.7. The van der Waals surface area contributed by atoms with Gasteiger partial charge in [-0.1, -0.05) is 12.1 Å². The highest BCUT2D eigenvalue weighted by Gasteiger charge is 2.21. The molecule has 1 aliphatic heterocycles. The number of anilines is 5. The summed E-state index contributed by atoms with van der Waals surface area (Å²) in [7, 11) is -3.82. The van der Waals surface area contributed by atoms with Crippen LogP contribution in [0.15, 0.2) is 51.8 Å². The minimum atomic E-state index is -3.82. The molecule has 11 nitrogen and oxygen atoms in total. The van der Waals surface area contributed by atoms with Crippen molar-refractivity contribution in [3.63, 3.8) is 0 Å². The van der Waals surface area contributed by atoms with Crippen LogP contribution in [0.5, 0.6) is 0 Å². The van der Waals surface area contributed by atoms with E-state index in [-0.39, 0.29) is 4.90 Å². The second-order valence-corrected chi connectivity index (χ2v) is 10.5. The summed E-state index contributed by atoms with van der Waals surface area (Å²) in [6.45, 7) is 4.55. The standard InChI is InChI=1S/C22H23BrN8O3S/c1-13-3-2-4-14(11-13)25-21-27-18-19(28-21)29-22(30-20(18)31-7-9-34-10-8-31)26-17-6-5-15(12-16(17)23)35(24,32)33/h2-6,11-12H,7-10H2,1H3,(H2,24,32,33)(H3,25,26,27,28,29,30). The molecule has 0 saturated carbocycles. The summed E-state index contributed by atoms with van der Waals surface area (Å²) in [5.41, 5.74) is 3.81. The minimum absolute atomic E-state index is 0.000680. The van der Waals surface area contributed by atoms with Crippen LogP contribution in [0, 0.1) is 6.92 Å². The molecule has 0 spiro atoms. The number of nitrogens with one attached hydrogen (secondary N) is 3. The number of benzene rings is 2. The first-order valence-electron chi connectivity index (χ1n) is 10.8. The van der Waals surface area contributed by atoms with E-state index in [9.17, 15) is 8.42 Å². The number of ether oxygens (including phenoxy) is 1. The third-order valence-corrected chi connectivity index (χ3v) is 7.00. The fraction of sp³-hybridized carbons (Fsp3) is 0.227. The van der Waals surface area contributed by atoms with Crippen LogP contribution in [0.1, 0.15) is 5.56 Å². The van der Waals surface area contributed by atoms with Gasteiger partial charge in [0.2, 0.25) is 21.9 Å². The highest BCUT2D eigenvalue weighted by Crippen LogP contribution is 2.31. The van der Waals surface area contributed by atoms with E-state index in [0.717, 1.165) is 11.3 Å². The summed E-state index contributed by atoms with van der Waals surface area (Å²) < 4.78 is 29.3. The van der Waals surface area contributed by atoms with Gasteiger partial charge in [-0.15, -0.1) is 0 Å². The molecular weight excluding hydrogens is 536 g/mol. The zero-order valence-corrected chi connectivity index (χ0v) is 21.1. The van der Waals surface area contributed by atoms with Gasteiger partial charge in [-0.05, 0) is 58.7 Å². The van der Waals surface area contributed by atoms with E-state index in [0.29, 0.717) is 65.3 Å². The molecule has 4 aromatic rings. The fourth-order valence-electron chi connectivity index (χ4n) is 3.75. The Kier molecular flexibility index (Phi) is 6.32. The largest absolute Gasteiger partial charge is 0.378 e. The average molecular weight is 559 g/mol. The molecular formula is C22H23BrN8O3S. The SMILES string of the molecule is Cc1cccc(Nc2nc3c(N4CCOCC4)nc(Nc4ccc(S(N)(=O)=O)cc4Br)nc3[nH]2)c1. The highest BCUT2D eigenvalue weighted by molar-refractivity contribution is 9.10. The zero-order chi connectivity index (χ0) is 24.6. The summed E-state index contributed by atoms with van der Waals surface area (Å²) >= 11 is 3.39. The van der Waals surface area contributed by atoms with E-state index in [4.69, 9.17) is 19.8 Å². The molecule has 2 aromatic carbocycles. The van der Waals surface area contributed by atoms with Crippen molar-refractivity contribution in [2.75, 3.05) is 41.8 Å². The van der Waals surface area contributed by atoms with Gasteiger partial charge in [0.05, 0.1) is 23.8 Å². The molecule has 0 aliphatic carbocycles. The first kappa shape index (κ1) is 23.5. The highest BCUT2D eigenvalue weighted by atomic mass is 79.9. The van der Waals surface area contributed by atoms with Gasteiger partial charge in [0, 0.05) is 23.2 Å². The van der Waals surface area contributed by atoms with E-state index in [1.165, 1.54) is 12.1 Å². The predicted octanol–water partition coefficient (Wildman–Crippen LogP) is 3.40. The van der Waals surface area contributed by atoms with Gasteiger partial charge >= 0.3 is 0 Å². The number of imidazole rings is 1. The number of hydrogen-bond donors (Lipinski definition) is 4.